The van der Waals surface area contributed by atoms with Gasteiger partial charge in [0.2, 0.25) is 0 Å². The predicted molar refractivity (Wildman–Crippen MR) is 169 cm³/mol. The van der Waals surface area contributed by atoms with Crippen molar-refractivity contribution < 1.29 is 4.39 Å². The van der Waals surface area contributed by atoms with Crippen molar-refractivity contribution in [2.75, 3.05) is 4.90 Å². The van der Waals surface area contributed by atoms with Crippen LogP contribution in [0.4, 0.5) is 21.5 Å². The van der Waals surface area contributed by atoms with E-state index in [9.17, 15) is 4.39 Å². The Morgan fingerprint density at radius 2 is 0.725 bits per heavy atom. The van der Waals surface area contributed by atoms with Gasteiger partial charge in [0.1, 0.15) is 0 Å². The average molecular weight is 580 g/mol. The Labute approximate surface area is 238 Å². The third-order valence-corrected chi connectivity index (χ3v) is 17.6. The number of hydrogen-bond acceptors (Lipinski definition) is 1. The number of rotatable bonds is 7. The Bertz CT molecular complexity index is 1520. The van der Waals surface area contributed by atoms with Crippen LogP contribution in [0.15, 0.2) is 164 Å². The van der Waals surface area contributed by atoms with Crippen molar-refractivity contribution in [2.45, 2.75) is 6.92 Å². The number of aryl methyl sites for hydroxylation is 1. The molecule has 3 heteroatoms. The first-order valence-corrected chi connectivity index (χ1v) is 17.8. The van der Waals surface area contributed by atoms with Crippen LogP contribution < -0.4 is 22.5 Å². The van der Waals surface area contributed by atoms with Crippen LogP contribution in [0.25, 0.3) is 0 Å². The van der Waals surface area contributed by atoms with Crippen LogP contribution in [0.2, 0.25) is 0 Å². The Balaban J connectivity index is 1.55. The monoisotopic (exact) mass is 581 g/mol. The second-order valence-electron chi connectivity index (χ2n) is 10.0. The summed E-state index contributed by atoms with van der Waals surface area (Å²) < 4.78 is 19.4. The quantitative estimate of drug-likeness (QED) is 0.184. The van der Waals surface area contributed by atoms with E-state index in [4.69, 9.17) is 0 Å². The molecule has 0 atom stereocenters. The fourth-order valence-electron chi connectivity index (χ4n) is 5.66. The van der Waals surface area contributed by atoms with Crippen LogP contribution in [0.1, 0.15) is 5.56 Å². The molecule has 0 amide bonds. The standard InChI is InChI=1S/C37H30FGeN/c1-29-17-23-35(24-18-29)40(36-25-19-30(38)20-26-36)37-27-21-34(22-28-37)39(31-11-5-2-6-12-31,32-13-7-3-8-14-32)33-15-9-4-10-16-33/h2-28H,1H3. The Kier molecular flexibility index (Phi) is 7.35. The van der Waals surface area contributed by atoms with Crippen LogP contribution in [0.3, 0.4) is 0 Å². The first-order valence-electron chi connectivity index (χ1n) is 13.6. The van der Waals surface area contributed by atoms with Gasteiger partial charge in [-0.05, 0) is 0 Å². The van der Waals surface area contributed by atoms with Gasteiger partial charge in [0.05, 0.1) is 0 Å². The molecule has 0 saturated heterocycles. The van der Waals surface area contributed by atoms with E-state index in [1.807, 2.05) is 12.1 Å². The maximum absolute atomic E-state index is 13.9. The van der Waals surface area contributed by atoms with Gasteiger partial charge < -0.3 is 0 Å². The van der Waals surface area contributed by atoms with Crippen LogP contribution in [-0.4, -0.2) is 13.3 Å². The summed E-state index contributed by atoms with van der Waals surface area (Å²) >= 11 is -3.33. The molecular weight excluding hydrogens is 550 g/mol. The maximum atomic E-state index is 13.9. The van der Waals surface area contributed by atoms with E-state index in [1.54, 1.807) is 0 Å². The summed E-state index contributed by atoms with van der Waals surface area (Å²) in [6.07, 6.45) is 0. The molecule has 0 bridgehead atoms. The molecule has 0 spiro atoms. The van der Waals surface area contributed by atoms with E-state index < -0.39 is 13.3 Å². The molecule has 6 aromatic rings. The first-order chi connectivity index (χ1) is 19.7. The Morgan fingerprint density at radius 3 is 1.12 bits per heavy atom. The molecule has 0 aliphatic carbocycles. The molecule has 0 saturated carbocycles. The molecule has 0 aliphatic rings. The zero-order valence-corrected chi connectivity index (χ0v) is 24.5. The van der Waals surface area contributed by atoms with Crippen molar-refractivity contribution in [1.82, 2.24) is 0 Å². The van der Waals surface area contributed by atoms with Crippen molar-refractivity contribution in [3.05, 3.63) is 175 Å². The van der Waals surface area contributed by atoms with Gasteiger partial charge >= 0.3 is 239 Å². The molecule has 40 heavy (non-hydrogen) atoms. The van der Waals surface area contributed by atoms with E-state index in [0.717, 1.165) is 17.1 Å². The number of nitrogens with zero attached hydrogens (tertiary/aromatic N) is 1. The van der Waals surface area contributed by atoms with Gasteiger partial charge in [-0.25, -0.2) is 0 Å². The van der Waals surface area contributed by atoms with Gasteiger partial charge in [-0.1, -0.05) is 0 Å². The van der Waals surface area contributed by atoms with Crippen molar-refractivity contribution in [2.24, 2.45) is 0 Å². The predicted octanol–water partition coefficient (Wildman–Crippen LogP) is 6.98. The second kappa shape index (κ2) is 11.4. The summed E-state index contributed by atoms with van der Waals surface area (Å²) in [6.45, 7) is 2.09. The van der Waals surface area contributed by atoms with Crippen LogP contribution in [0.5, 0.6) is 0 Å². The second-order valence-corrected chi connectivity index (χ2v) is 18.0. The minimum absolute atomic E-state index is 0.241. The van der Waals surface area contributed by atoms with E-state index in [0.29, 0.717) is 0 Å². The summed E-state index contributed by atoms with van der Waals surface area (Å²) in [4.78, 5) is 2.19. The molecule has 194 valence electrons. The summed E-state index contributed by atoms with van der Waals surface area (Å²) in [5.41, 5.74) is 4.18. The Morgan fingerprint density at radius 1 is 0.400 bits per heavy atom. The molecule has 1 nitrogen and oxygen atoms in total. The van der Waals surface area contributed by atoms with E-state index in [1.165, 1.54) is 35.3 Å². The molecule has 0 heterocycles. The third-order valence-electron chi connectivity index (χ3n) is 7.56. The number of hydrogen-bond donors (Lipinski definition) is 0. The van der Waals surface area contributed by atoms with Gasteiger partial charge in [0, 0.05) is 0 Å². The topological polar surface area (TPSA) is 3.24 Å². The molecule has 0 unspecified atom stereocenters. The fraction of sp³-hybridized carbons (Fsp3) is 0.0270. The normalized spacial score (nSPS) is 11.2. The van der Waals surface area contributed by atoms with E-state index >= 15 is 0 Å². The van der Waals surface area contributed by atoms with E-state index in [-0.39, 0.29) is 5.82 Å². The molecule has 0 aliphatic heterocycles. The molecule has 0 radical (unpaired) electrons. The molecule has 6 rings (SSSR count). The number of anilines is 3. The Hall–Kier alpha value is -4.41. The van der Waals surface area contributed by atoms with Gasteiger partial charge in [-0.15, -0.1) is 0 Å². The van der Waals surface area contributed by atoms with Crippen LogP contribution in [-0.2, 0) is 0 Å². The first kappa shape index (κ1) is 25.8. The number of halogens is 1. The van der Waals surface area contributed by atoms with Gasteiger partial charge in [-0.3, -0.25) is 0 Å². The average Bonchev–Trinajstić information content (AvgIpc) is 3.02. The molecule has 0 N–H and O–H groups in total. The van der Waals surface area contributed by atoms with Gasteiger partial charge in [-0.2, -0.15) is 0 Å². The fourth-order valence-corrected chi connectivity index (χ4v) is 15.6. The molecular formula is C37H30FGeN. The van der Waals surface area contributed by atoms with Crippen LogP contribution >= 0.6 is 0 Å². The van der Waals surface area contributed by atoms with E-state index in [2.05, 4.69) is 151 Å². The summed E-state index contributed by atoms with van der Waals surface area (Å²) in [6, 6.07) is 57.2. The number of benzene rings is 6. The summed E-state index contributed by atoms with van der Waals surface area (Å²) in [7, 11) is 0. The van der Waals surface area contributed by atoms with Crippen molar-refractivity contribution in [3.63, 3.8) is 0 Å². The van der Waals surface area contributed by atoms with Gasteiger partial charge in [0.25, 0.3) is 0 Å². The summed E-state index contributed by atoms with van der Waals surface area (Å²) in [5.74, 6) is -0.241. The van der Waals surface area contributed by atoms with Gasteiger partial charge in [0.15, 0.2) is 0 Å². The SMILES string of the molecule is Cc1ccc(N(c2ccc(F)cc2)c2cc[c]([Ge]([c]3ccccc3)([c]3ccccc3)[c]3ccccc3)cc2)cc1. The third kappa shape index (κ3) is 4.87. The zero-order valence-electron chi connectivity index (χ0n) is 22.4. The summed E-state index contributed by atoms with van der Waals surface area (Å²) in [5, 5.41) is 0. The van der Waals surface area contributed by atoms with Crippen molar-refractivity contribution in [3.8, 4) is 0 Å². The zero-order chi connectivity index (χ0) is 27.4. The molecule has 0 aromatic heterocycles. The minimum atomic E-state index is -3.33. The van der Waals surface area contributed by atoms with Crippen molar-refractivity contribution >= 4 is 47.9 Å². The molecule has 6 aromatic carbocycles. The molecule has 0 fully saturated rings. The van der Waals surface area contributed by atoms with Crippen LogP contribution in [0, 0.1) is 12.7 Å². The van der Waals surface area contributed by atoms with Crippen molar-refractivity contribution in [1.29, 1.82) is 0 Å².